The molecular formula is C16H16N4O. The number of nitrogens with two attached hydrogens (primary N) is 1. The van der Waals surface area contributed by atoms with Crippen molar-refractivity contribution in [2.75, 3.05) is 5.73 Å². The van der Waals surface area contributed by atoms with E-state index in [4.69, 9.17) is 10.5 Å². The second-order valence-corrected chi connectivity index (χ2v) is 4.66. The first kappa shape index (κ1) is 14.5. The van der Waals surface area contributed by atoms with Gasteiger partial charge < -0.3 is 10.5 Å². The van der Waals surface area contributed by atoms with Crippen LogP contribution in [0.1, 0.15) is 22.4 Å². The highest BCUT2D eigenvalue weighted by atomic mass is 16.5. The van der Waals surface area contributed by atoms with Gasteiger partial charge in [-0.1, -0.05) is 6.08 Å². The summed E-state index contributed by atoms with van der Waals surface area (Å²) in [7, 11) is 0. The molecule has 5 nitrogen and oxygen atoms in total. The summed E-state index contributed by atoms with van der Waals surface area (Å²) in [5, 5.41) is 17.3. The highest BCUT2D eigenvalue weighted by molar-refractivity contribution is 5.51. The molecule has 0 fully saturated rings. The van der Waals surface area contributed by atoms with E-state index in [1.54, 1.807) is 25.1 Å². The molecule has 21 heavy (non-hydrogen) atoms. The Labute approximate surface area is 123 Å². The average molecular weight is 280 g/mol. The number of nitrogen functional groups attached to an aromatic ring is 1. The van der Waals surface area contributed by atoms with Crippen molar-refractivity contribution in [1.82, 2.24) is 10.2 Å². The molecule has 0 saturated heterocycles. The first-order valence-electron chi connectivity index (χ1n) is 6.48. The summed E-state index contributed by atoms with van der Waals surface area (Å²) in [4.78, 5) is 0. The standard InChI is InChI=1S/C16H16N4O/c1-4-5-12-8-13(18)6-7-15(12)21-16-14(9-17)10(2)11(3)19-20-16/h4,6-8H,1,5,18H2,2-3H3. The van der Waals surface area contributed by atoms with Crippen LogP contribution in [0.25, 0.3) is 0 Å². The first-order valence-corrected chi connectivity index (χ1v) is 6.48. The third-order valence-electron chi connectivity index (χ3n) is 3.19. The number of rotatable bonds is 4. The molecule has 1 aromatic carbocycles. The van der Waals surface area contributed by atoms with Crippen molar-refractivity contribution < 1.29 is 4.74 Å². The average Bonchev–Trinajstić information content (AvgIpc) is 2.46. The van der Waals surface area contributed by atoms with Gasteiger partial charge >= 0.3 is 0 Å². The Morgan fingerprint density at radius 2 is 2.14 bits per heavy atom. The molecule has 0 spiro atoms. The number of hydrogen-bond donors (Lipinski definition) is 1. The van der Waals surface area contributed by atoms with Gasteiger partial charge in [0.05, 0.1) is 5.69 Å². The van der Waals surface area contributed by atoms with Crippen LogP contribution >= 0.6 is 0 Å². The number of ether oxygens (including phenoxy) is 1. The smallest absolute Gasteiger partial charge is 0.257 e. The maximum absolute atomic E-state index is 9.28. The Bertz CT molecular complexity index is 732. The summed E-state index contributed by atoms with van der Waals surface area (Å²) in [6.45, 7) is 7.34. The summed E-state index contributed by atoms with van der Waals surface area (Å²) in [5.41, 5.74) is 9.18. The third-order valence-corrected chi connectivity index (χ3v) is 3.19. The van der Waals surface area contributed by atoms with Gasteiger partial charge in [-0.2, -0.15) is 10.4 Å². The number of aromatic nitrogens is 2. The summed E-state index contributed by atoms with van der Waals surface area (Å²) >= 11 is 0. The lowest BCUT2D eigenvalue weighted by Gasteiger charge is -2.12. The summed E-state index contributed by atoms with van der Waals surface area (Å²) in [6.07, 6.45) is 2.37. The van der Waals surface area contributed by atoms with Crippen molar-refractivity contribution in [3.8, 4) is 17.7 Å². The number of anilines is 1. The molecule has 0 radical (unpaired) electrons. The van der Waals surface area contributed by atoms with Crippen LogP contribution in [0.4, 0.5) is 5.69 Å². The molecule has 2 N–H and O–H groups in total. The Balaban J connectivity index is 2.46. The monoisotopic (exact) mass is 280 g/mol. The number of aryl methyl sites for hydroxylation is 1. The second kappa shape index (κ2) is 6.06. The van der Waals surface area contributed by atoms with E-state index < -0.39 is 0 Å². The van der Waals surface area contributed by atoms with E-state index in [0.29, 0.717) is 29.1 Å². The van der Waals surface area contributed by atoms with Crippen molar-refractivity contribution in [2.24, 2.45) is 0 Å². The SMILES string of the molecule is C=CCc1cc(N)ccc1Oc1nnc(C)c(C)c1C#N. The molecule has 0 saturated carbocycles. The van der Waals surface area contributed by atoms with Gasteiger partial charge in [0.1, 0.15) is 17.4 Å². The third kappa shape index (κ3) is 3.00. The Morgan fingerprint density at radius 1 is 1.38 bits per heavy atom. The van der Waals surface area contributed by atoms with Crippen molar-refractivity contribution in [1.29, 1.82) is 5.26 Å². The van der Waals surface area contributed by atoms with Gasteiger partial charge in [-0.3, -0.25) is 0 Å². The minimum Gasteiger partial charge on any atom is -0.436 e. The van der Waals surface area contributed by atoms with Gasteiger partial charge in [0.15, 0.2) is 0 Å². The summed E-state index contributed by atoms with van der Waals surface area (Å²) < 4.78 is 5.78. The minimum atomic E-state index is 0.204. The zero-order valence-electron chi connectivity index (χ0n) is 12.1. The van der Waals surface area contributed by atoms with Gasteiger partial charge in [-0.25, -0.2) is 0 Å². The van der Waals surface area contributed by atoms with E-state index in [9.17, 15) is 5.26 Å². The molecule has 1 heterocycles. The molecule has 1 aromatic heterocycles. The molecule has 2 rings (SSSR count). The predicted octanol–water partition coefficient (Wildman–Crippen LogP) is 3.07. The van der Waals surface area contributed by atoms with Crippen LogP contribution in [0, 0.1) is 25.2 Å². The number of allylic oxidation sites excluding steroid dienone is 1. The molecular weight excluding hydrogens is 264 g/mol. The lowest BCUT2D eigenvalue weighted by molar-refractivity contribution is 0.447. The molecule has 0 amide bonds. The van der Waals surface area contributed by atoms with Crippen molar-refractivity contribution in [3.05, 3.63) is 53.2 Å². The molecule has 0 aliphatic rings. The van der Waals surface area contributed by atoms with Crippen molar-refractivity contribution in [2.45, 2.75) is 20.3 Å². The number of nitriles is 1. The highest BCUT2D eigenvalue weighted by Crippen LogP contribution is 2.29. The van der Waals surface area contributed by atoms with Crippen LogP contribution < -0.4 is 10.5 Å². The largest absolute Gasteiger partial charge is 0.436 e. The van der Waals surface area contributed by atoms with Crippen LogP contribution in [0.5, 0.6) is 11.6 Å². The molecule has 0 bridgehead atoms. The molecule has 0 aliphatic heterocycles. The zero-order valence-corrected chi connectivity index (χ0v) is 12.1. The van der Waals surface area contributed by atoms with E-state index in [2.05, 4.69) is 22.8 Å². The Kier molecular flexibility index (Phi) is 4.19. The van der Waals surface area contributed by atoms with Crippen LogP contribution in [0.3, 0.4) is 0 Å². The molecule has 0 atom stereocenters. The predicted molar refractivity (Wildman–Crippen MR) is 81.1 cm³/mol. The lowest BCUT2D eigenvalue weighted by Crippen LogP contribution is -2.02. The fourth-order valence-corrected chi connectivity index (χ4v) is 1.91. The number of hydrogen-bond acceptors (Lipinski definition) is 5. The molecule has 2 aromatic rings. The van der Waals surface area contributed by atoms with Crippen LogP contribution in [-0.4, -0.2) is 10.2 Å². The van der Waals surface area contributed by atoms with E-state index in [1.807, 2.05) is 13.0 Å². The van der Waals surface area contributed by atoms with Gasteiger partial charge in [-0.15, -0.1) is 11.7 Å². The normalized spacial score (nSPS) is 9.95. The van der Waals surface area contributed by atoms with Gasteiger partial charge in [0.25, 0.3) is 5.88 Å². The maximum Gasteiger partial charge on any atom is 0.257 e. The summed E-state index contributed by atoms with van der Waals surface area (Å²) in [6, 6.07) is 7.43. The quantitative estimate of drug-likeness (QED) is 0.687. The van der Waals surface area contributed by atoms with Gasteiger partial charge in [0, 0.05) is 11.3 Å². The van der Waals surface area contributed by atoms with Crippen LogP contribution in [0.2, 0.25) is 0 Å². The van der Waals surface area contributed by atoms with E-state index in [-0.39, 0.29) is 5.88 Å². The lowest BCUT2D eigenvalue weighted by atomic mass is 10.1. The molecule has 0 aliphatic carbocycles. The Morgan fingerprint density at radius 3 is 2.81 bits per heavy atom. The van der Waals surface area contributed by atoms with E-state index in [1.165, 1.54) is 0 Å². The molecule has 106 valence electrons. The van der Waals surface area contributed by atoms with Gasteiger partial charge in [-0.05, 0) is 44.0 Å². The maximum atomic E-state index is 9.28. The van der Waals surface area contributed by atoms with Crippen LogP contribution in [-0.2, 0) is 6.42 Å². The number of nitrogens with zero attached hydrogens (tertiary/aromatic N) is 3. The van der Waals surface area contributed by atoms with E-state index >= 15 is 0 Å². The number of benzene rings is 1. The summed E-state index contributed by atoms with van der Waals surface area (Å²) in [5.74, 6) is 0.800. The zero-order chi connectivity index (χ0) is 15.4. The fraction of sp³-hybridized carbons (Fsp3) is 0.188. The first-order chi connectivity index (χ1) is 10.1. The molecule has 0 unspecified atom stereocenters. The van der Waals surface area contributed by atoms with E-state index in [0.717, 1.165) is 11.1 Å². The fourth-order valence-electron chi connectivity index (χ4n) is 1.91. The van der Waals surface area contributed by atoms with Crippen molar-refractivity contribution >= 4 is 5.69 Å². The topological polar surface area (TPSA) is 84.8 Å². The second-order valence-electron chi connectivity index (χ2n) is 4.66. The highest BCUT2D eigenvalue weighted by Gasteiger charge is 2.14. The minimum absolute atomic E-state index is 0.204. The van der Waals surface area contributed by atoms with Crippen molar-refractivity contribution in [3.63, 3.8) is 0 Å². The Hall–Kier alpha value is -2.87. The molecule has 5 heteroatoms. The van der Waals surface area contributed by atoms with Gasteiger partial charge in [0.2, 0.25) is 0 Å². The van der Waals surface area contributed by atoms with Crippen LogP contribution in [0.15, 0.2) is 30.9 Å².